The van der Waals surface area contributed by atoms with Crippen molar-refractivity contribution in [3.8, 4) is 5.75 Å². The van der Waals surface area contributed by atoms with Crippen LogP contribution in [-0.4, -0.2) is 79.7 Å². The van der Waals surface area contributed by atoms with Gasteiger partial charge in [0.2, 0.25) is 0 Å². The molecule has 0 bridgehead atoms. The third-order valence-corrected chi connectivity index (χ3v) is 5.71. The van der Waals surface area contributed by atoms with Crippen molar-refractivity contribution < 1.29 is 37.0 Å². The monoisotopic (exact) mass is 491 g/mol. The predicted molar refractivity (Wildman–Crippen MR) is 120 cm³/mol. The average Bonchev–Trinajstić information content (AvgIpc) is 3.08. The molecule has 2 aromatic carbocycles. The minimum Gasteiger partial charge on any atom is -0.484 e. The number of fused-ring (bicyclic) bond motifs is 1. The largest absolute Gasteiger partial charge is 0.484 e. The Kier molecular flexibility index (Phi) is 7.37. The van der Waals surface area contributed by atoms with E-state index >= 15 is 0 Å². The topological polar surface area (TPSA) is 88.2 Å². The zero-order chi connectivity index (χ0) is 25.0. The van der Waals surface area contributed by atoms with Gasteiger partial charge in [0.1, 0.15) is 5.75 Å². The summed E-state index contributed by atoms with van der Waals surface area (Å²) in [5.74, 6) is -1.33. The number of nitrogens with zero attached hydrogens (tertiary/aromatic N) is 2. The average molecular weight is 491 g/mol. The van der Waals surface area contributed by atoms with Gasteiger partial charge in [0, 0.05) is 37.4 Å². The van der Waals surface area contributed by atoms with E-state index in [1.165, 1.54) is 47.4 Å². The summed E-state index contributed by atoms with van der Waals surface area (Å²) in [6.45, 7) is 2.62. The van der Waals surface area contributed by atoms with E-state index in [0.29, 0.717) is 25.3 Å². The Morgan fingerprint density at radius 3 is 2.34 bits per heavy atom. The second-order valence-corrected chi connectivity index (χ2v) is 8.21. The molecule has 0 aromatic heterocycles. The van der Waals surface area contributed by atoms with Gasteiger partial charge in [-0.05, 0) is 48.9 Å². The molecular formula is C24H24F3N3O5. The van der Waals surface area contributed by atoms with E-state index in [2.05, 4.69) is 15.0 Å². The maximum atomic E-state index is 12.8. The number of rotatable bonds is 8. The van der Waals surface area contributed by atoms with E-state index in [4.69, 9.17) is 4.74 Å². The summed E-state index contributed by atoms with van der Waals surface area (Å²) in [5, 5.41) is 2.61. The third kappa shape index (κ3) is 6.17. The summed E-state index contributed by atoms with van der Waals surface area (Å²) in [6, 6.07) is 9.72. The summed E-state index contributed by atoms with van der Waals surface area (Å²) in [7, 11) is 0. The van der Waals surface area contributed by atoms with Crippen LogP contribution in [0.3, 0.4) is 0 Å². The van der Waals surface area contributed by atoms with Crippen LogP contribution in [0.5, 0.6) is 5.75 Å². The molecule has 0 unspecified atom stereocenters. The molecule has 1 fully saturated rings. The van der Waals surface area contributed by atoms with Gasteiger partial charge in [-0.1, -0.05) is 0 Å². The number of carbonyl (C=O) groups is 3. The number of imide groups is 1. The Balaban J connectivity index is 1.35. The Morgan fingerprint density at radius 2 is 1.66 bits per heavy atom. The van der Waals surface area contributed by atoms with E-state index in [9.17, 15) is 27.6 Å². The molecule has 4 rings (SSSR count). The molecule has 3 amide bonds. The Bertz CT molecular complexity index is 1100. The van der Waals surface area contributed by atoms with Crippen molar-refractivity contribution in [3.05, 3.63) is 59.2 Å². The highest BCUT2D eigenvalue weighted by atomic mass is 19.4. The van der Waals surface area contributed by atoms with E-state index in [1.807, 2.05) is 0 Å². The fourth-order valence-electron chi connectivity index (χ4n) is 3.92. The fourth-order valence-corrected chi connectivity index (χ4v) is 3.92. The molecular weight excluding hydrogens is 467 g/mol. The first-order valence-electron chi connectivity index (χ1n) is 11.1. The van der Waals surface area contributed by atoms with Crippen molar-refractivity contribution in [2.75, 3.05) is 51.3 Å². The van der Waals surface area contributed by atoms with Crippen LogP contribution in [0.15, 0.2) is 42.5 Å². The van der Waals surface area contributed by atoms with Crippen molar-refractivity contribution in [2.24, 2.45) is 0 Å². The minimum absolute atomic E-state index is 0.00988. The Hall–Kier alpha value is -3.44. The second-order valence-electron chi connectivity index (χ2n) is 8.21. The van der Waals surface area contributed by atoms with Crippen molar-refractivity contribution in [3.63, 3.8) is 0 Å². The molecule has 0 spiro atoms. The zero-order valence-corrected chi connectivity index (χ0v) is 18.8. The SMILES string of the molecule is O=C(Nc1ccc(OCC(F)(F)F)cc1)c1ccc2c(c1)C(=O)N(CCCN1CCOCC1)C2=O. The van der Waals surface area contributed by atoms with E-state index in [0.717, 1.165) is 19.6 Å². The molecule has 186 valence electrons. The number of amides is 3. The maximum Gasteiger partial charge on any atom is 0.422 e. The number of benzene rings is 2. The lowest BCUT2D eigenvalue weighted by molar-refractivity contribution is -0.153. The number of hydrogen-bond acceptors (Lipinski definition) is 6. The van der Waals surface area contributed by atoms with Crippen LogP contribution in [0, 0.1) is 0 Å². The van der Waals surface area contributed by atoms with Crippen LogP contribution in [0.2, 0.25) is 0 Å². The highest BCUT2D eigenvalue weighted by Gasteiger charge is 2.35. The molecule has 0 radical (unpaired) electrons. The maximum absolute atomic E-state index is 12.8. The molecule has 0 saturated carbocycles. The Morgan fingerprint density at radius 1 is 0.971 bits per heavy atom. The van der Waals surface area contributed by atoms with Crippen molar-refractivity contribution in [2.45, 2.75) is 12.6 Å². The lowest BCUT2D eigenvalue weighted by Crippen LogP contribution is -2.39. The van der Waals surface area contributed by atoms with Gasteiger partial charge in [-0.25, -0.2) is 0 Å². The van der Waals surface area contributed by atoms with Crippen molar-refractivity contribution >= 4 is 23.4 Å². The van der Waals surface area contributed by atoms with E-state index in [1.54, 1.807) is 0 Å². The molecule has 8 nitrogen and oxygen atoms in total. The molecule has 1 N–H and O–H groups in total. The summed E-state index contributed by atoms with van der Waals surface area (Å²) in [5.41, 5.74) is 0.938. The van der Waals surface area contributed by atoms with Crippen molar-refractivity contribution in [1.82, 2.24) is 9.80 Å². The quantitative estimate of drug-likeness (QED) is 0.571. The van der Waals surface area contributed by atoms with Crippen LogP contribution >= 0.6 is 0 Å². The van der Waals surface area contributed by atoms with Gasteiger partial charge in [-0.15, -0.1) is 0 Å². The third-order valence-electron chi connectivity index (χ3n) is 5.71. The van der Waals surface area contributed by atoms with Gasteiger partial charge in [0.25, 0.3) is 17.7 Å². The Labute approximate surface area is 199 Å². The van der Waals surface area contributed by atoms with Crippen LogP contribution in [-0.2, 0) is 4.74 Å². The standard InChI is InChI=1S/C24H24F3N3O5/c25-24(26,27)15-35-18-5-3-17(4-6-18)28-21(31)16-2-7-19-20(14-16)23(33)30(22(19)32)9-1-8-29-10-12-34-13-11-29/h2-7,14H,1,8-13,15H2,(H,28,31). The predicted octanol–water partition coefficient (Wildman–Crippen LogP) is 3.20. The number of nitrogens with one attached hydrogen (secondary N) is 1. The van der Waals surface area contributed by atoms with Gasteiger partial charge in [-0.2, -0.15) is 13.2 Å². The number of anilines is 1. The molecule has 11 heteroatoms. The number of ether oxygens (including phenoxy) is 2. The number of alkyl halides is 3. The minimum atomic E-state index is -4.45. The number of morpholine rings is 1. The second kappa shape index (κ2) is 10.4. The van der Waals surface area contributed by atoms with Gasteiger partial charge in [-0.3, -0.25) is 24.2 Å². The van der Waals surface area contributed by atoms with Gasteiger partial charge in [0.15, 0.2) is 6.61 Å². The van der Waals surface area contributed by atoms with E-state index in [-0.39, 0.29) is 34.9 Å². The molecule has 0 aliphatic carbocycles. The van der Waals surface area contributed by atoms with Gasteiger partial charge >= 0.3 is 6.18 Å². The lowest BCUT2D eigenvalue weighted by Gasteiger charge is -2.27. The molecule has 2 aliphatic rings. The molecule has 35 heavy (non-hydrogen) atoms. The summed E-state index contributed by atoms with van der Waals surface area (Å²) in [4.78, 5) is 41.6. The van der Waals surface area contributed by atoms with Crippen LogP contribution < -0.4 is 10.1 Å². The van der Waals surface area contributed by atoms with Crippen LogP contribution in [0.4, 0.5) is 18.9 Å². The number of halogens is 3. The summed E-state index contributed by atoms with van der Waals surface area (Å²) < 4.78 is 46.7. The van der Waals surface area contributed by atoms with Crippen LogP contribution in [0.1, 0.15) is 37.5 Å². The molecule has 0 atom stereocenters. The van der Waals surface area contributed by atoms with Gasteiger partial charge < -0.3 is 14.8 Å². The first-order valence-corrected chi connectivity index (χ1v) is 11.1. The first-order chi connectivity index (χ1) is 16.7. The number of carbonyl (C=O) groups excluding carboxylic acids is 3. The molecule has 2 aliphatic heterocycles. The van der Waals surface area contributed by atoms with Gasteiger partial charge in [0.05, 0.1) is 24.3 Å². The molecule has 2 heterocycles. The van der Waals surface area contributed by atoms with Crippen LogP contribution in [0.25, 0.3) is 0 Å². The van der Waals surface area contributed by atoms with Crippen molar-refractivity contribution in [1.29, 1.82) is 0 Å². The lowest BCUT2D eigenvalue weighted by atomic mass is 10.1. The van der Waals surface area contributed by atoms with E-state index < -0.39 is 24.6 Å². The number of hydrogen-bond donors (Lipinski definition) is 1. The fraction of sp³-hybridized carbons (Fsp3) is 0.375. The highest BCUT2D eigenvalue weighted by molar-refractivity contribution is 6.22. The normalized spacial score (nSPS) is 16.4. The molecule has 2 aromatic rings. The summed E-state index contributed by atoms with van der Waals surface area (Å²) in [6.07, 6.45) is -3.81. The first kappa shape index (κ1) is 24.7. The smallest absolute Gasteiger partial charge is 0.422 e. The highest BCUT2D eigenvalue weighted by Crippen LogP contribution is 2.25. The molecule has 1 saturated heterocycles. The zero-order valence-electron chi connectivity index (χ0n) is 18.8. The summed E-state index contributed by atoms with van der Waals surface area (Å²) >= 11 is 0.